The number of hydrogen-bond acceptors (Lipinski definition) is 5. The van der Waals surface area contributed by atoms with E-state index in [1.807, 2.05) is 18.2 Å². The third-order valence-electron chi connectivity index (χ3n) is 4.73. The Labute approximate surface area is 157 Å². The Bertz CT molecular complexity index is 805. The first-order chi connectivity index (χ1) is 12.5. The van der Waals surface area contributed by atoms with E-state index in [0.29, 0.717) is 30.9 Å². The maximum absolute atomic E-state index is 12.2. The lowest BCUT2D eigenvalue weighted by Gasteiger charge is -2.17. The highest BCUT2D eigenvalue weighted by Gasteiger charge is 2.37. The minimum Gasteiger partial charge on any atom is -0.506 e. The Hall–Kier alpha value is -2.40. The highest BCUT2D eigenvalue weighted by atomic mass is 35.5. The zero-order valence-electron chi connectivity index (χ0n) is 14.7. The van der Waals surface area contributed by atoms with Gasteiger partial charge in [-0.25, -0.2) is 0 Å². The van der Waals surface area contributed by atoms with Gasteiger partial charge in [0.05, 0.1) is 31.8 Å². The predicted molar refractivity (Wildman–Crippen MR) is 98.0 cm³/mol. The van der Waals surface area contributed by atoms with Crippen molar-refractivity contribution < 1.29 is 24.1 Å². The van der Waals surface area contributed by atoms with Crippen molar-refractivity contribution in [2.45, 2.75) is 12.8 Å². The van der Waals surface area contributed by atoms with Gasteiger partial charge < -0.3 is 19.3 Å². The molecule has 5 nitrogen and oxygen atoms in total. The average Bonchev–Trinajstić information content (AvgIpc) is 2.98. The van der Waals surface area contributed by atoms with Crippen LogP contribution in [0.15, 0.2) is 36.4 Å². The number of halogens is 1. The Morgan fingerprint density at radius 2 is 1.77 bits per heavy atom. The molecule has 0 amide bonds. The molecule has 1 aliphatic heterocycles. The maximum Gasteiger partial charge on any atom is 0.309 e. The lowest BCUT2D eigenvalue weighted by Crippen LogP contribution is -2.20. The summed E-state index contributed by atoms with van der Waals surface area (Å²) in [5.74, 6) is 0.991. The van der Waals surface area contributed by atoms with Crippen molar-refractivity contribution in [3.8, 4) is 17.2 Å². The van der Waals surface area contributed by atoms with Crippen molar-refractivity contribution in [1.29, 1.82) is 0 Å². The first-order valence-electron chi connectivity index (χ1n) is 8.36. The molecule has 0 aromatic heterocycles. The van der Waals surface area contributed by atoms with E-state index in [4.69, 9.17) is 25.8 Å². The third-order valence-corrected chi connectivity index (χ3v) is 5.03. The molecule has 0 bridgehead atoms. The number of benzene rings is 2. The molecule has 0 aliphatic carbocycles. The van der Waals surface area contributed by atoms with Gasteiger partial charge in [-0.3, -0.25) is 4.79 Å². The monoisotopic (exact) mass is 376 g/mol. The molecule has 1 heterocycles. The average molecular weight is 377 g/mol. The summed E-state index contributed by atoms with van der Waals surface area (Å²) in [7, 11) is 3.20. The van der Waals surface area contributed by atoms with E-state index in [-0.39, 0.29) is 28.6 Å². The molecule has 26 heavy (non-hydrogen) atoms. The van der Waals surface area contributed by atoms with Crippen LogP contribution in [0.5, 0.6) is 17.2 Å². The SMILES string of the molecule is COc1ccc(C[C@H]2COC(=O)[C@@H]2Cc2ccc(O)c(Cl)c2)cc1OC. The summed E-state index contributed by atoms with van der Waals surface area (Å²) in [6.45, 7) is 0.393. The van der Waals surface area contributed by atoms with Crippen molar-refractivity contribution in [3.63, 3.8) is 0 Å². The standard InChI is InChI=1S/C20H21ClO5/c1-24-18-6-4-12(10-19(18)25-2)7-14-11-26-20(23)15(14)8-13-3-5-17(22)16(21)9-13/h3-6,9-10,14-15,22H,7-8,11H2,1-2H3/t14-,15+/m0/s1. The fourth-order valence-corrected chi connectivity index (χ4v) is 3.50. The van der Waals surface area contributed by atoms with Crippen LogP contribution >= 0.6 is 11.6 Å². The molecule has 0 spiro atoms. The lowest BCUT2D eigenvalue weighted by molar-refractivity contribution is -0.141. The predicted octanol–water partition coefficient (Wildman–Crippen LogP) is 3.64. The molecule has 138 valence electrons. The summed E-state index contributed by atoms with van der Waals surface area (Å²) >= 11 is 5.97. The molecular formula is C20H21ClO5. The molecule has 0 unspecified atom stereocenters. The quantitative estimate of drug-likeness (QED) is 0.780. The smallest absolute Gasteiger partial charge is 0.309 e. The molecule has 1 N–H and O–H groups in total. The van der Waals surface area contributed by atoms with Crippen LogP contribution in [0.25, 0.3) is 0 Å². The third kappa shape index (κ3) is 3.88. The van der Waals surface area contributed by atoms with Gasteiger partial charge in [-0.05, 0) is 48.2 Å². The normalized spacial score (nSPS) is 19.3. The number of esters is 1. The minimum atomic E-state index is -0.247. The number of aromatic hydroxyl groups is 1. The summed E-state index contributed by atoms with van der Waals surface area (Å²) in [6, 6.07) is 10.8. The number of carbonyl (C=O) groups is 1. The van der Waals surface area contributed by atoms with E-state index in [2.05, 4.69) is 0 Å². The first-order valence-corrected chi connectivity index (χ1v) is 8.74. The topological polar surface area (TPSA) is 65.0 Å². The molecule has 0 radical (unpaired) electrons. The fourth-order valence-electron chi connectivity index (χ4n) is 3.30. The van der Waals surface area contributed by atoms with E-state index in [1.54, 1.807) is 32.4 Å². The summed E-state index contributed by atoms with van der Waals surface area (Å²) < 4.78 is 15.9. The van der Waals surface area contributed by atoms with E-state index in [9.17, 15) is 9.90 Å². The van der Waals surface area contributed by atoms with E-state index in [0.717, 1.165) is 11.1 Å². The van der Waals surface area contributed by atoms with Gasteiger partial charge in [0.25, 0.3) is 0 Å². The largest absolute Gasteiger partial charge is 0.506 e. The molecule has 0 saturated carbocycles. The van der Waals surface area contributed by atoms with Crippen LogP contribution in [0.1, 0.15) is 11.1 Å². The zero-order chi connectivity index (χ0) is 18.7. The number of ether oxygens (including phenoxy) is 3. The number of rotatable bonds is 6. The van der Waals surface area contributed by atoms with Crippen molar-refractivity contribution in [1.82, 2.24) is 0 Å². The maximum atomic E-state index is 12.2. The Morgan fingerprint density at radius 1 is 1.08 bits per heavy atom. The van der Waals surface area contributed by atoms with Gasteiger partial charge in [0.1, 0.15) is 5.75 Å². The van der Waals surface area contributed by atoms with Crippen LogP contribution < -0.4 is 9.47 Å². The number of phenols is 1. The van der Waals surface area contributed by atoms with Crippen molar-refractivity contribution >= 4 is 17.6 Å². The van der Waals surface area contributed by atoms with Gasteiger partial charge in [-0.15, -0.1) is 0 Å². The second kappa shape index (κ2) is 7.87. The molecule has 1 fully saturated rings. The second-order valence-electron chi connectivity index (χ2n) is 6.38. The Morgan fingerprint density at radius 3 is 2.46 bits per heavy atom. The van der Waals surface area contributed by atoms with Gasteiger partial charge in [-0.2, -0.15) is 0 Å². The lowest BCUT2D eigenvalue weighted by atomic mass is 9.85. The number of phenolic OH excluding ortho intramolecular Hbond substituents is 1. The van der Waals surface area contributed by atoms with E-state index in [1.165, 1.54) is 0 Å². The van der Waals surface area contributed by atoms with Gasteiger partial charge in [-0.1, -0.05) is 23.7 Å². The molecule has 1 aliphatic rings. The van der Waals surface area contributed by atoms with Crippen LogP contribution in [0.3, 0.4) is 0 Å². The van der Waals surface area contributed by atoms with Crippen LogP contribution in [-0.4, -0.2) is 31.9 Å². The highest BCUT2D eigenvalue weighted by molar-refractivity contribution is 6.32. The van der Waals surface area contributed by atoms with Crippen LogP contribution in [0.2, 0.25) is 5.02 Å². The van der Waals surface area contributed by atoms with Gasteiger partial charge >= 0.3 is 5.97 Å². The van der Waals surface area contributed by atoms with Crippen molar-refractivity contribution in [2.75, 3.05) is 20.8 Å². The Balaban J connectivity index is 1.76. The minimum absolute atomic E-state index is 0.0336. The number of methoxy groups -OCH3 is 2. The first kappa shape index (κ1) is 18.4. The van der Waals surface area contributed by atoms with Gasteiger partial charge in [0.2, 0.25) is 0 Å². The molecule has 2 atom stereocenters. The molecule has 1 saturated heterocycles. The molecule has 2 aromatic carbocycles. The summed E-state index contributed by atoms with van der Waals surface area (Å²) in [5, 5.41) is 9.83. The Kier molecular flexibility index (Phi) is 5.57. The summed E-state index contributed by atoms with van der Waals surface area (Å²) in [6.07, 6.45) is 1.22. The summed E-state index contributed by atoms with van der Waals surface area (Å²) in [4.78, 5) is 12.2. The van der Waals surface area contributed by atoms with Crippen LogP contribution in [-0.2, 0) is 22.4 Å². The highest BCUT2D eigenvalue weighted by Crippen LogP contribution is 2.34. The molecule has 3 rings (SSSR count). The van der Waals surface area contributed by atoms with E-state index >= 15 is 0 Å². The summed E-state index contributed by atoms with van der Waals surface area (Å²) in [5.41, 5.74) is 1.95. The van der Waals surface area contributed by atoms with Gasteiger partial charge in [0, 0.05) is 5.92 Å². The zero-order valence-corrected chi connectivity index (χ0v) is 15.5. The number of cyclic esters (lactones) is 1. The van der Waals surface area contributed by atoms with Crippen LogP contribution in [0, 0.1) is 11.8 Å². The second-order valence-corrected chi connectivity index (χ2v) is 6.79. The van der Waals surface area contributed by atoms with Crippen molar-refractivity contribution in [2.24, 2.45) is 11.8 Å². The van der Waals surface area contributed by atoms with Crippen LogP contribution in [0.4, 0.5) is 0 Å². The van der Waals surface area contributed by atoms with Crippen molar-refractivity contribution in [3.05, 3.63) is 52.5 Å². The molecule has 2 aromatic rings. The fraction of sp³-hybridized carbons (Fsp3) is 0.350. The number of hydrogen-bond donors (Lipinski definition) is 1. The molecular weight excluding hydrogens is 356 g/mol. The van der Waals surface area contributed by atoms with Gasteiger partial charge in [0.15, 0.2) is 11.5 Å². The molecule has 6 heteroatoms. The van der Waals surface area contributed by atoms with E-state index < -0.39 is 0 Å². The number of carbonyl (C=O) groups excluding carboxylic acids is 1.